The van der Waals surface area contributed by atoms with E-state index in [2.05, 4.69) is 107 Å². The van der Waals surface area contributed by atoms with Crippen molar-refractivity contribution in [3.8, 4) is 0 Å². The minimum Gasteiger partial charge on any atom is -0.465 e. The largest absolute Gasteiger partial charge is 0.465 e. The summed E-state index contributed by atoms with van der Waals surface area (Å²) >= 11 is 0. The van der Waals surface area contributed by atoms with E-state index in [-0.39, 0.29) is 53.2 Å². The highest BCUT2D eigenvalue weighted by atomic mass is 16.5. The van der Waals surface area contributed by atoms with Crippen molar-refractivity contribution >= 4 is 51.8 Å². The molecule has 3 unspecified atom stereocenters. The topological polar surface area (TPSA) is 218 Å². The first-order valence-corrected chi connectivity index (χ1v) is 24.9. The van der Waals surface area contributed by atoms with Crippen LogP contribution in [0.3, 0.4) is 0 Å². The smallest absolute Gasteiger partial charge is 0.405 e. The number of carbonyl (C=O) groups is 4. The Hall–Kier alpha value is -6.20. The number of likely N-dealkylation sites (tertiary alicyclic amines) is 2. The molecular weight excluding hydrogens is 879 g/mol. The minimum absolute atomic E-state index is 0.0101. The summed E-state index contributed by atoms with van der Waals surface area (Å²) in [6.45, 7) is 9.76. The van der Waals surface area contributed by atoms with Crippen LogP contribution in [0.15, 0.2) is 60.7 Å². The molecule has 17 heteroatoms. The van der Waals surface area contributed by atoms with Crippen LogP contribution >= 0.6 is 0 Å². The number of hydrogen-bond acceptors (Lipinski definition) is 9. The molecule has 69 heavy (non-hydrogen) atoms. The third-order valence-electron chi connectivity index (χ3n) is 15.5. The van der Waals surface area contributed by atoms with Gasteiger partial charge in [0.1, 0.15) is 23.7 Å². The molecule has 0 saturated carbocycles. The van der Waals surface area contributed by atoms with E-state index >= 15 is 0 Å². The van der Waals surface area contributed by atoms with Crippen molar-refractivity contribution in [3.63, 3.8) is 0 Å². The lowest BCUT2D eigenvalue weighted by atomic mass is 9.87. The summed E-state index contributed by atoms with van der Waals surface area (Å²) in [5, 5.41) is 24.5. The third kappa shape index (κ3) is 9.47. The molecule has 5 saturated heterocycles. The van der Waals surface area contributed by atoms with Crippen LogP contribution in [0.2, 0.25) is 0 Å². The van der Waals surface area contributed by atoms with Gasteiger partial charge in [-0.3, -0.25) is 9.59 Å². The number of aromatic nitrogens is 4. The molecule has 5 fully saturated rings. The molecule has 0 spiro atoms. The number of benzene rings is 3. The van der Waals surface area contributed by atoms with Crippen LogP contribution in [0.4, 0.5) is 15.3 Å². The van der Waals surface area contributed by atoms with Gasteiger partial charge >= 0.3 is 12.2 Å². The molecule has 3 aromatic carbocycles. The molecule has 0 aliphatic carbocycles. The van der Waals surface area contributed by atoms with Crippen LogP contribution in [-0.4, -0.2) is 116 Å². The molecule has 0 bridgehead atoms. The van der Waals surface area contributed by atoms with Crippen LogP contribution in [0.5, 0.6) is 0 Å². The first-order valence-electron chi connectivity index (χ1n) is 24.9. The number of carbonyl (C=O) groups excluding carboxylic acids is 2. The Labute approximate surface area is 401 Å². The van der Waals surface area contributed by atoms with Crippen molar-refractivity contribution < 1.29 is 38.9 Å². The number of aromatic amines is 2. The lowest BCUT2D eigenvalue weighted by molar-refractivity contribution is -0.137. The van der Waals surface area contributed by atoms with Crippen molar-refractivity contribution in [1.82, 2.24) is 40.4 Å². The summed E-state index contributed by atoms with van der Waals surface area (Å²) in [5.41, 5.74) is 8.04. The SMILES string of the molecule is CC(C)(C)c1ccc(N2[C@@H](c3ccc4[nH]c(C5CCCN5C(=O)C(NC(=O)O)C5CCOCC5)nc4c3)CC[C@H]2c2ccc3[nH]c(C4CCCN4C(=O)[C@@H](NC(=O)O)C4CCOCC4)nc3c2)cc1. The zero-order valence-corrected chi connectivity index (χ0v) is 39.8. The average molecular weight is 944 g/mol. The molecule has 6 atom stereocenters. The van der Waals surface area contributed by atoms with Gasteiger partial charge in [0.15, 0.2) is 0 Å². The van der Waals surface area contributed by atoms with Crippen molar-refractivity contribution in [2.24, 2.45) is 11.8 Å². The molecule has 17 nitrogen and oxygen atoms in total. The first-order chi connectivity index (χ1) is 33.3. The number of anilines is 1. The van der Waals surface area contributed by atoms with Gasteiger partial charge in [0.25, 0.3) is 0 Å². The van der Waals surface area contributed by atoms with Gasteiger partial charge in [0.05, 0.1) is 46.2 Å². The number of hydrogen-bond donors (Lipinski definition) is 6. The molecule has 5 aromatic rings. The number of H-pyrrole nitrogens is 2. The number of nitrogens with zero attached hydrogens (tertiary/aromatic N) is 5. The molecule has 7 heterocycles. The molecule has 5 aliphatic rings. The normalized spacial score (nSPS) is 23.7. The quantitative estimate of drug-likeness (QED) is 0.0740. The van der Waals surface area contributed by atoms with E-state index in [9.17, 15) is 29.4 Å². The molecule has 366 valence electrons. The predicted octanol–water partition coefficient (Wildman–Crippen LogP) is 8.27. The summed E-state index contributed by atoms with van der Waals surface area (Å²) in [4.78, 5) is 75.6. The molecule has 4 amide bonds. The lowest BCUT2D eigenvalue weighted by Crippen LogP contribution is -2.52. The summed E-state index contributed by atoms with van der Waals surface area (Å²) in [7, 11) is 0. The van der Waals surface area contributed by atoms with Crippen LogP contribution in [0.25, 0.3) is 22.1 Å². The third-order valence-corrected chi connectivity index (χ3v) is 15.5. The maximum atomic E-state index is 14.1. The Kier molecular flexibility index (Phi) is 13.0. The highest BCUT2D eigenvalue weighted by Gasteiger charge is 2.42. The van der Waals surface area contributed by atoms with E-state index in [0.717, 1.165) is 77.4 Å². The zero-order valence-electron chi connectivity index (χ0n) is 39.8. The fourth-order valence-corrected chi connectivity index (χ4v) is 11.9. The Morgan fingerprint density at radius 1 is 0.609 bits per heavy atom. The number of rotatable bonds is 11. The summed E-state index contributed by atoms with van der Waals surface area (Å²) < 4.78 is 11.1. The number of amides is 4. The maximum absolute atomic E-state index is 14.1. The Morgan fingerprint density at radius 2 is 1.04 bits per heavy atom. The van der Waals surface area contributed by atoms with Crippen molar-refractivity contribution in [2.45, 2.75) is 127 Å². The van der Waals surface area contributed by atoms with E-state index in [1.807, 2.05) is 9.80 Å². The molecule has 10 rings (SSSR count). The van der Waals surface area contributed by atoms with Gasteiger partial charge in [-0.25, -0.2) is 19.6 Å². The standard InChI is InChI=1S/C52H65N9O8/c1-52(2,3)34-10-12-35(13-11-34)61-40(32-8-14-36-38(28-32)55-46(53-36)42-6-4-22-59(42)48(62)44(57-50(64)65)30-18-24-68-25-19-30)16-17-41(61)33-9-15-37-39(29-33)56-47(54-37)43-7-5-23-60(43)49(63)45(58-51(66)67)31-20-26-69-27-21-31/h8-15,28-31,40-45,57-58H,4-7,16-27H2,1-3H3,(H,53,55)(H,54,56)(H,64,65)(H,66,67)/t40-,41+,42?,43?,44-,45?/m0/s1. The summed E-state index contributed by atoms with van der Waals surface area (Å²) in [5.74, 6) is 0.747. The van der Waals surface area contributed by atoms with E-state index in [0.29, 0.717) is 76.8 Å². The van der Waals surface area contributed by atoms with E-state index < -0.39 is 24.3 Å². The van der Waals surface area contributed by atoms with Crippen LogP contribution in [-0.2, 0) is 24.5 Å². The molecule has 5 aliphatic heterocycles. The number of carboxylic acid groups (broad SMARTS) is 2. The Balaban J connectivity index is 0.927. The number of fused-ring (bicyclic) bond motifs is 2. The second-order valence-electron chi connectivity index (χ2n) is 20.7. The van der Waals surface area contributed by atoms with E-state index in [1.165, 1.54) is 5.56 Å². The lowest BCUT2D eigenvalue weighted by Gasteiger charge is -2.34. The van der Waals surface area contributed by atoms with Gasteiger partial charge in [-0.15, -0.1) is 0 Å². The molecule has 2 aromatic heterocycles. The van der Waals surface area contributed by atoms with Crippen LogP contribution in [0, 0.1) is 11.8 Å². The van der Waals surface area contributed by atoms with E-state index in [1.54, 1.807) is 0 Å². The monoisotopic (exact) mass is 943 g/mol. The minimum atomic E-state index is -1.20. The number of ether oxygens (including phenoxy) is 2. The summed E-state index contributed by atoms with van der Waals surface area (Å²) in [6, 6.07) is 19.6. The second kappa shape index (κ2) is 19.3. The molecule has 0 radical (unpaired) electrons. The first kappa shape index (κ1) is 46.5. The molecule has 6 N–H and O–H groups in total. The van der Waals surface area contributed by atoms with Gasteiger partial charge in [0, 0.05) is 45.2 Å². The van der Waals surface area contributed by atoms with Crippen LogP contribution in [0.1, 0.15) is 137 Å². The zero-order chi connectivity index (χ0) is 48.0. The van der Waals surface area contributed by atoms with Crippen LogP contribution < -0.4 is 15.5 Å². The fraction of sp³-hybridized carbons (Fsp3) is 0.538. The van der Waals surface area contributed by atoms with Gasteiger partial charge in [-0.2, -0.15) is 0 Å². The number of imidazole rings is 2. The van der Waals surface area contributed by atoms with Gasteiger partial charge in [0.2, 0.25) is 11.8 Å². The highest BCUT2D eigenvalue weighted by Crippen LogP contribution is 2.48. The van der Waals surface area contributed by atoms with Gasteiger partial charge in [-0.1, -0.05) is 45.0 Å². The average Bonchev–Trinajstić information content (AvgIpc) is 4.21. The number of nitrogens with one attached hydrogen (secondary N) is 4. The second-order valence-corrected chi connectivity index (χ2v) is 20.7. The predicted molar refractivity (Wildman–Crippen MR) is 259 cm³/mol. The summed E-state index contributed by atoms with van der Waals surface area (Å²) in [6.07, 6.45) is 4.93. The van der Waals surface area contributed by atoms with Crippen molar-refractivity contribution in [3.05, 3.63) is 89.0 Å². The van der Waals surface area contributed by atoms with Gasteiger partial charge in [-0.05, 0) is 135 Å². The van der Waals surface area contributed by atoms with E-state index in [4.69, 9.17) is 19.4 Å². The Bertz CT molecular complexity index is 2530. The van der Waals surface area contributed by atoms with Crippen molar-refractivity contribution in [2.75, 3.05) is 44.4 Å². The van der Waals surface area contributed by atoms with Gasteiger partial charge < -0.3 is 55.0 Å². The molecular formula is C52H65N9O8. The fourth-order valence-electron chi connectivity index (χ4n) is 11.9. The van der Waals surface area contributed by atoms with Crippen molar-refractivity contribution in [1.29, 1.82) is 0 Å². The Morgan fingerprint density at radius 3 is 1.45 bits per heavy atom. The maximum Gasteiger partial charge on any atom is 0.405 e. The highest BCUT2D eigenvalue weighted by molar-refractivity contribution is 5.87.